The summed E-state index contributed by atoms with van der Waals surface area (Å²) in [5.41, 5.74) is 1.15. The molecule has 0 aromatic heterocycles. The number of hydrogen-bond donors (Lipinski definition) is 2. The summed E-state index contributed by atoms with van der Waals surface area (Å²) < 4.78 is 0. The molecule has 2 unspecified atom stereocenters. The lowest BCUT2D eigenvalue weighted by Crippen LogP contribution is -2.42. The molecule has 19 heavy (non-hydrogen) atoms. The van der Waals surface area contributed by atoms with E-state index in [0.717, 1.165) is 18.4 Å². The molecule has 0 spiro atoms. The number of thiol groups is 1. The number of amides is 1. The second-order valence-corrected chi connectivity index (χ2v) is 5.70. The summed E-state index contributed by atoms with van der Waals surface area (Å²) in [6.45, 7) is 6.41. The zero-order chi connectivity index (χ0) is 14.3. The Morgan fingerprint density at radius 3 is 2.32 bits per heavy atom. The van der Waals surface area contributed by atoms with Crippen LogP contribution in [0.15, 0.2) is 30.3 Å². The fraction of sp³-hybridized carbons (Fsp3) is 0.562. The summed E-state index contributed by atoms with van der Waals surface area (Å²) in [6, 6.07) is 10.2. The van der Waals surface area contributed by atoms with Crippen molar-refractivity contribution in [3.05, 3.63) is 35.9 Å². The van der Waals surface area contributed by atoms with Crippen molar-refractivity contribution in [1.29, 1.82) is 0 Å². The lowest BCUT2D eigenvalue weighted by molar-refractivity contribution is -0.121. The summed E-state index contributed by atoms with van der Waals surface area (Å²) in [5, 5.41) is 2.81. The molecule has 0 aliphatic carbocycles. The molecule has 0 saturated heterocycles. The molecule has 2 atom stereocenters. The van der Waals surface area contributed by atoms with E-state index in [4.69, 9.17) is 0 Å². The summed E-state index contributed by atoms with van der Waals surface area (Å²) in [5.74, 6) is 0.577. The molecular formula is C16H25NOS. The minimum absolute atomic E-state index is 0.0339. The van der Waals surface area contributed by atoms with Gasteiger partial charge in [-0.1, -0.05) is 57.0 Å². The minimum Gasteiger partial charge on any atom is -0.352 e. The quantitative estimate of drug-likeness (QED) is 0.735. The Bertz CT molecular complexity index is 376. The number of hydrogen-bond acceptors (Lipinski definition) is 2. The Kier molecular flexibility index (Phi) is 7.00. The van der Waals surface area contributed by atoms with Crippen LogP contribution in [-0.2, 0) is 11.2 Å². The molecule has 2 nitrogen and oxygen atoms in total. The highest BCUT2D eigenvalue weighted by Crippen LogP contribution is 2.14. The van der Waals surface area contributed by atoms with Crippen molar-refractivity contribution in [2.45, 2.75) is 51.3 Å². The van der Waals surface area contributed by atoms with E-state index in [2.05, 4.69) is 38.7 Å². The van der Waals surface area contributed by atoms with Gasteiger partial charge in [-0.3, -0.25) is 4.79 Å². The van der Waals surface area contributed by atoms with Crippen LogP contribution in [0.4, 0.5) is 0 Å². The zero-order valence-corrected chi connectivity index (χ0v) is 13.0. The Balaban J connectivity index is 2.49. The maximum atomic E-state index is 12.1. The van der Waals surface area contributed by atoms with Gasteiger partial charge in [0.1, 0.15) is 0 Å². The molecule has 3 heteroatoms. The number of carbonyl (C=O) groups is 1. The molecule has 1 aromatic carbocycles. The van der Waals surface area contributed by atoms with Crippen LogP contribution < -0.4 is 5.32 Å². The maximum Gasteiger partial charge on any atom is 0.233 e. The van der Waals surface area contributed by atoms with Gasteiger partial charge < -0.3 is 5.32 Å². The van der Waals surface area contributed by atoms with Gasteiger partial charge in [-0.2, -0.15) is 12.6 Å². The third-order valence-electron chi connectivity index (χ3n) is 3.70. The molecule has 0 saturated carbocycles. The van der Waals surface area contributed by atoms with E-state index < -0.39 is 0 Å². The van der Waals surface area contributed by atoms with Gasteiger partial charge in [0.15, 0.2) is 0 Å². The average Bonchev–Trinajstić information content (AvgIpc) is 2.41. The molecular weight excluding hydrogens is 254 g/mol. The van der Waals surface area contributed by atoms with Crippen molar-refractivity contribution in [3.63, 3.8) is 0 Å². The molecule has 0 fully saturated rings. The Labute approximate surface area is 122 Å². The van der Waals surface area contributed by atoms with Gasteiger partial charge in [-0.05, 0) is 24.8 Å². The number of rotatable bonds is 7. The standard InChI is InChI=1S/C16H25NOS/c1-4-14(5-2)12(3)17-16(18)15(19)11-13-9-7-6-8-10-13/h6-10,12,14-15,19H,4-5,11H2,1-3H3,(H,17,18). The van der Waals surface area contributed by atoms with Crippen LogP contribution in [0.1, 0.15) is 39.2 Å². The monoisotopic (exact) mass is 279 g/mol. The first-order valence-electron chi connectivity index (χ1n) is 7.10. The average molecular weight is 279 g/mol. The molecule has 0 heterocycles. The zero-order valence-electron chi connectivity index (χ0n) is 12.1. The van der Waals surface area contributed by atoms with E-state index >= 15 is 0 Å². The highest BCUT2D eigenvalue weighted by molar-refractivity contribution is 7.81. The molecule has 0 bridgehead atoms. The van der Waals surface area contributed by atoms with Gasteiger partial charge in [0.2, 0.25) is 5.91 Å². The fourth-order valence-corrected chi connectivity index (χ4v) is 2.65. The van der Waals surface area contributed by atoms with Crippen molar-refractivity contribution in [2.75, 3.05) is 0 Å². The van der Waals surface area contributed by atoms with Crippen LogP contribution in [-0.4, -0.2) is 17.2 Å². The first-order chi connectivity index (χ1) is 9.08. The maximum absolute atomic E-state index is 12.1. The van der Waals surface area contributed by atoms with Crippen LogP contribution in [0.25, 0.3) is 0 Å². The van der Waals surface area contributed by atoms with Gasteiger partial charge in [-0.25, -0.2) is 0 Å². The lowest BCUT2D eigenvalue weighted by atomic mass is 9.95. The normalized spacial score (nSPS) is 14.2. The minimum atomic E-state index is -0.279. The van der Waals surface area contributed by atoms with Gasteiger partial charge >= 0.3 is 0 Å². The van der Waals surface area contributed by atoms with Crippen LogP contribution in [0.3, 0.4) is 0 Å². The Morgan fingerprint density at radius 1 is 1.21 bits per heavy atom. The van der Waals surface area contributed by atoms with E-state index in [-0.39, 0.29) is 17.2 Å². The molecule has 106 valence electrons. The third-order valence-corrected chi connectivity index (χ3v) is 4.12. The first kappa shape index (κ1) is 16.1. The fourth-order valence-electron chi connectivity index (χ4n) is 2.36. The Hall–Kier alpha value is -0.960. The number of nitrogens with one attached hydrogen (secondary N) is 1. The molecule has 0 aliphatic rings. The van der Waals surface area contributed by atoms with Crippen LogP contribution in [0, 0.1) is 5.92 Å². The summed E-state index contributed by atoms with van der Waals surface area (Å²) in [6.07, 6.45) is 2.85. The van der Waals surface area contributed by atoms with Crippen LogP contribution >= 0.6 is 12.6 Å². The van der Waals surface area contributed by atoms with Gasteiger partial charge in [-0.15, -0.1) is 0 Å². The molecule has 1 N–H and O–H groups in total. The van der Waals surface area contributed by atoms with Gasteiger partial charge in [0, 0.05) is 6.04 Å². The molecule has 1 rings (SSSR count). The van der Waals surface area contributed by atoms with Crippen molar-refractivity contribution < 1.29 is 4.79 Å². The highest BCUT2D eigenvalue weighted by atomic mass is 32.1. The number of carbonyl (C=O) groups excluding carboxylic acids is 1. The predicted molar refractivity (Wildman–Crippen MR) is 84.6 cm³/mol. The highest BCUT2D eigenvalue weighted by Gasteiger charge is 2.20. The van der Waals surface area contributed by atoms with Crippen LogP contribution in [0.5, 0.6) is 0 Å². The Morgan fingerprint density at radius 2 is 1.79 bits per heavy atom. The second-order valence-electron chi connectivity index (χ2n) is 5.08. The van der Waals surface area contributed by atoms with Gasteiger partial charge in [0.05, 0.1) is 5.25 Å². The van der Waals surface area contributed by atoms with Crippen LogP contribution in [0.2, 0.25) is 0 Å². The molecule has 0 aliphatic heterocycles. The molecule has 1 amide bonds. The topological polar surface area (TPSA) is 29.1 Å². The first-order valence-corrected chi connectivity index (χ1v) is 7.62. The lowest BCUT2D eigenvalue weighted by Gasteiger charge is -2.24. The van der Waals surface area contributed by atoms with Crippen molar-refractivity contribution in [3.8, 4) is 0 Å². The van der Waals surface area contributed by atoms with Crippen molar-refractivity contribution in [2.24, 2.45) is 5.92 Å². The van der Waals surface area contributed by atoms with Crippen molar-refractivity contribution >= 4 is 18.5 Å². The summed E-state index contributed by atoms with van der Waals surface area (Å²) >= 11 is 4.43. The van der Waals surface area contributed by atoms with Crippen molar-refractivity contribution in [1.82, 2.24) is 5.32 Å². The van der Waals surface area contributed by atoms with E-state index in [9.17, 15) is 4.79 Å². The largest absolute Gasteiger partial charge is 0.352 e. The van der Waals surface area contributed by atoms with E-state index in [1.54, 1.807) is 0 Å². The summed E-state index contributed by atoms with van der Waals surface area (Å²) in [7, 11) is 0. The number of benzene rings is 1. The van der Waals surface area contributed by atoms with Gasteiger partial charge in [0.25, 0.3) is 0 Å². The van der Waals surface area contributed by atoms with E-state index in [1.165, 1.54) is 0 Å². The van der Waals surface area contributed by atoms with E-state index in [1.807, 2.05) is 30.3 Å². The molecule has 0 radical (unpaired) electrons. The van der Waals surface area contributed by atoms with E-state index in [0.29, 0.717) is 12.3 Å². The SMILES string of the molecule is CCC(CC)C(C)NC(=O)C(S)Cc1ccccc1. The second kappa shape index (κ2) is 8.26. The third kappa shape index (κ3) is 5.27. The summed E-state index contributed by atoms with van der Waals surface area (Å²) in [4.78, 5) is 12.1. The smallest absolute Gasteiger partial charge is 0.233 e. The molecule has 1 aromatic rings. The predicted octanol–water partition coefficient (Wildman–Crippen LogP) is 3.47.